The molecular formula is C10H14F3NO. The maximum Gasteiger partial charge on any atom is 0.394 e. The monoisotopic (exact) mass is 221 g/mol. The van der Waals surface area contributed by atoms with Crippen molar-refractivity contribution < 1.29 is 18.3 Å². The van der Waals surface area contributed by atoms with Crippen molar-refractivity contribution in [2.75, 3.05) is 7.05 Å². The molecule has 0 radical (unpaired) electrons. The Balaban J connectivity index is 2.94. The van der Waals surface area contributed by atoms with E-state index in [2.05, 4.69) is 0 Å². The van der Waals surface area contributed by atoms with Crippen LogP contribution in [-0.2, 0) is 0 Å². The lowest BCUT2D eigenvalue weighted by atomic mass is 10.0. The fourth-order valence-corrected chi connectivity index (χ4v) is 1.57. The van der Waals surface area contributed by atoms with Gasteiger partial charge >= 0.3 is 6.18 Å². The number of hydrogen-bond donors (Lipinski definition) is 1. The van der Waals surface area contributed by atoms with Crippen molar-refractivity contribution in [1.29, 1.82) is 0 Å². The van der Waals surface area contributed by atoms with Crippen molar-refractivity contribution in [3.8, 4) is 0 Å². The smallest absolute Gasteiger partial charge is 0.394 e. The van der Waals surface area contributed by atoms with E-state index in [1.54, 1.807) is 13.8 Å². The van der Waals surface area contributed by atoms with Crippen molar-refractivity contribution in [1.82, 2.24) is 4.90 Å². The fraction of sp³-hybridized carbons (Fsp3) is 0.600. The van der Waals surface area contributed by atoms with Crippen molar-refractivity contribution in [3.05, 3.63) is 22.7 Å². The van der Waals surface area contributed by atoms with Gasteiger partial charge in [-0.1, -0.05) is 0 Å². The minimum Gasteiger partial charge on any atom is -0.510 e. The summed E-state index contributed by atoms with van der Waals surface area (Å²) in [5, 5.41) is 9.49. The molecule has 0 unspecified atom stereocenters. The molecule has 1 heterocycles. The van der Waals surface area contributed by atoms with Crippen LogP contribution in [-0.4, -0.2) is 23.2 Å². The van der Waals surface area contributed by atoms with Crippen LogP contribution in [0.4, 0.5) is 13.2 Å². The van der Waals surface area contributed by atoms with E-state index in [-0.39, 0.29) is 17.9 Å². The molecule has 0 atom stereocenters. The molecule has 0 saturated carbocycles. The Kier molecular flexibility index (Phi) is 3.02. The molecule has 0 aliphatic carbocycles. The Labute approximate surface area is 86.7 Å². The second-order valence-electron chi connectivity index (χ2n) is 3.79. The van der Waals surface area contributed by atoms with Crippen LogP contribution in [0.5, 0.6) is 0 Å². The average Bonchev–Trinajstić information content (AvgIpc) is 2.07. The maximum absolute atomic E-state index is 12.2. The number of aliphatic hydroxyl groups is 1. The molecular weight excluding hydrogens is 207 g/mol. The van der Waals surface area contributed by atoms with Crippen molar-refractivity contribution >= 4 is 0 Å². The molecule has 1 N–H and O–H groups in total. The summed E-state index contributed by atoms with van der Waals surface area (Å²) in [6.07, 6.45) is -5.16. The third-order valence-corrected chi connectivity index (χ3v) is 2.66. The minimum atomic E-state index is -4.29. The van der Waals surface area contributed by atoms with Gasteiger partial charge in [-0.05, 0) is 19.4 Å². The zero-order valence-electron chi connectivity index (χ0n) is 8.94. The summed E-state index contributed by atoms with van der Waals surface area (Å²) in [5.74, 6) is -0.182. The molecule has 0 aromatic heterocycles. The normalized spacial score (nSPS) is 18.9. The highest BCUT2D eigenvalue weighted by Gasteiger charge is 2.33. The maximum atomic E-state index is 12.2. The van der Waals surface area contributed by atoms with Crippen LogP contribution in [0.2, 0.25) is 0 Å². The largest absolute Gasteiger partial charge is 0.510 e. The molecule has 15 heavy (non-hydrogen) atoms. The average molecular weight is 221 g/mol. The third kappa shape index (κ3) is 2.67. The highest BCUT2D eigenvalue weighted by Crippen LogP contribution is 2.34. The van der Waals surface area contributed by atoms with Gasteiger partial charge < -0.3 is 10.0 Å². The van der Waals surface area contributed by atoms with Gasteiger partial charge in [-0.3, -0.25) is 0 Å². The van der Waals surface area contributed by atoms with E-state index < -0.39 is 12.6 Å². The first kappa shape index (κ1) is 11.9. The quantitative estimate of drug-likeness (QED) is 0.734. The van der Waals surface area contributed by atoms with Gasteiger partial charge in [0.1, 0.15) is 5.76 Å². The number of aliphatic hydroxyl groups excluding tert-OH is 1. The molecule has 1 aliphatic rings. The van der Waals surface area contributed by atoms with Crippen molar-refractivity contribution in [2.24, 2.45) is 0 Å². The number of allylic oxidation sites excluding steroid dienone is 3. The Morgan fingerprint density at radius 1 is 1.33 bits per heavy atom. The van der Waals surface area contributed by atoms with E-state index in [9.17, 15) is 18.3 Å². The summed E-state index contributed by atoms with van der Waals surface area (Å²) in [4.78, 5) is 1.40. The zero-order chi connectivity index (χ0) is 11.8. The molecule has 1 aliphatic heterocycles. The van der Waals surface area contributed by atoms with E-state index in [1.807, 2.05) is 0 Å². The highest BCUT2D eigenvalue weighted by molar-refractivity contribution is 5.27. The lowest BCUT2D eigenvalue weighted by Crippen LogP contribution is -2.26. The van der Waals surface area contributed by atoms with Gasteiger partial charge in [0.2, 0.25) is 0 Å². The van der Waals surface area contributed by atoms with Crippen LogP contribution < -0.4 is 0 Å². The summed E-state index contributed by atoms with van der Waals surface area (Å²) in [6, 6.07) is 0. The van der Waals surface area contributed by atoms with Gasteiger partial charge in [0.25, 0.3) is 0 Å². The van der Waals surface area contributed by atoms with Crippen LogP contribution in [0.1, 0.15) is 26.7 Å². The fourth-order valence-electron chi connectivity index (χ4n) is 1.57. The third-order valence-electron chi connectivity index (χ3n) is 2.66. The van der Waals surface area contributed by atoms with Gasteiger partial charge in [0, 0.05) is 19.2 Å². The van der Waals surface area contributed by atoms with Crippen molar-refractivity contribution in [2.45, 2.75) is 32.9 Å². The summed E-state index contributed by atoms with van der Waals surface area (Å²) >= 11 is 0. The topological polar surface area (TPSA) is 23.5 Å². The molecule has 0 saturated heterocycles. The van der Waals surface area contributed by atoms with E-state index in [0.717, 1.165) is 11.3 Å². The van der Waals surface area contributed by atoms with Crippen molar-refractivity contribution in [3.63, 3.8) is 0 Å². The van der Waals surface area contributed by atoms with Crippen LogP contribution in [0.25, 0.3) is 0 Å². The second-order valence-corrected chi connectivity index (χ2v) is 3.79. The van der Waals surface area contributed by atoms with Crippen LogP contribution in [0.3, 0.4) is 0 Å². The van der Waals surface area contributed by atoms with E-state index in [0.29, 0.717) is 0 Å². The van der Waals surface area contributed by atoms with Gasteiger partial charge in [-0.2, -0.15) is 13.2 Å². The van der Waals surface area contributed by atoms with Gasteiger partial charge in [0.15, 0.2) is 0 Å². The number of rotatable bonds is 1. The molecule has 0 spiro atoms. The molecule has 0 amide bonds. The lowest BCUT2D eigenvalue weighted by molar-refractivity contribution is -0.130. The molecule has 0 bridgehead atoms. The number of alkyl halides is 3. The Bertz CT molecular complexity index is 328. The summed E-state index contributed by atoms with van der Waals surface area (Å²) in [7, 11) is 1.54. The molecule has 2 nitrogen and oxygen atoms in total. The van der Waals surface area contributed by atoms with Crippen LogP contribution in [0.15, 0.2) is 22.7 Å². The summed E-state index contributed by atoms with van der Waals surface area (Å²) in [5.41, 5.74) is 1.61. The van der Waals surface area contributed by atoms with E-state index in [4.69, 9.17) is 0 Å². The SMILES string of the molecule is CC1=C(C)N(C)C(CC(F)(F)F)=C(O)C1. The number of nitrogens with zero attached hydrogens (tertiary/aromatic N) is 1. The zero-order valence-corrected chi connectivity index (χ0v) is 8.94. The summed E-state index contributed by atoms with van der Waals surface area (Å²) in [6.45, 7) is 3.55. The first-order valence-electron chi connectivity index (χ1n) is 4.60. The summed E-state index contributed by atoms with van der Waals surface area (Å²) < 4.78 is 36.7. The predicted octanol–water partition coefficient (Wildman–Crippen LogP) is 3.34. The Morgan fingerprint density at radius 2 is 1.87 bits per heavy atom. The van der Waals surface area contributed by atoms with E-state index in [1.165, 1.54) is 11.9 Å². The standard InChI is InChI=1S/C10H14F3NO/c1-6-4-9(15)8(5-10(11,12)13)14(3)7(6)2/h15H,4-5H2,1-3H3. The van der Waals surface area contributed by atoms with Crippen LogP contribution in [0, 0.1) is 0 Å². The Morgan fingerprint density at radius 3 is 2.33 bits per heavy atom. The molecule has 0 aromatic carbocycles. The second kappa shape index (κ2) is 3.79. The molecule has 0 aromatic rings. The number of halogens is 3. The Hall–Kier alpha value is -1.13. The molecule has 86 valence electrons. The lowest BCUT2D eigenvalue weighted by Gasteiger charge is -2.31. The molecule has 5 heteroatoms. The van der Waals surface area contributed by atoms with Gasteiger partial charge in [-0.25, -0.2) is 0 Å². The van der Waals surface area contributed by atoms with Crippen LogP contribution >= 0.6 is 0 Å². The number of hydrogen-bond acceptors (Lipinski definition) is 2. The van der Waals surface area contributed by atoms with Gasteiger partial charge in [0.05, 0.1) is 12.1 Å². The first-order valence-corrected chi connectivity index (χ1v) is 4.60. The molecule has 1 rings (SSSR count). The van der Waals surface area contributed by atoms with E-state index >= 15 is 0 Å². The predicted molar refractivity (Wildman–Crippen MR) is 51.1 cm³/mol. The molecule has 0 fully saturated rings. The van der Waals surface area contributed by atoms with Gasteiger partial charge in [-0.15, -0.1) is 0 Å². The highest BCUT2D eigenvalue weighted by atomic mass is 19.4. The minimum absolute atomic E-state index is 0.0504. The first-order chi connectivity index (χ1) is 6.72.